The number of aliphatic hydroxyl groups is 3. The summed E-state index contributed by atoms with van der Waals surface area (Å²) in [5, 5.41) is 31.2. The van der Waals surface area contributed by atoms with Gasteiger partial charge >= 0.3 is 7.60 Å². The van der Waals surface area contributed by atoms with Gasteiger partial charge in [0, 0.05) is 11.6 Å². The van der Waals surface area contributed by atoms with Gasteiger partial charge in [0.2, 0.25) is 6.29 Å². The van der Waals surface area contributed by atoms with E-state index in [1.54, 1.807) is 5.38 Å². The molecular formula is C10H16NO8PS. The highest BCUT2D eigenvalue weighted by Gasteiger charge is 2.45. The molecule has 1 unspecified atom stereocenters. The Morgan fingerprint density at radius 3 is 2.57 bits per heavy atom. The highest BCUT2D eigenvalue weighted by atomic mass is 32.1. The summed E-state index contributed by atoms with van der Waals surface area (Å²) in [6, 6.07) is 0. The number of hydrogen-bond donors (Lipinski definition) is 5. The number of aliphatic hydroxyl groups excluding tert-OH is 3. The van der Waals surface area contributed by atoms with Crippen molar-refractivity contribution in [3.8, 4) is 5.19 Å². The molecule has 5 atom stereocenters. The molecule has 0 spiro atoms. The molecule has 1 aliphatic heterocycles. The Balaban J connectivity index is 2.03. The predicted molar refractivity (Wildman–Crippen MR) is 71.0 cm³/mol. The smallest absolute Gasteiger partial charge is 0.325 e. The van der Waals surface area contributed by atoms with Crippen LogP contribution in [0.5, 0.6) is 5.19 Å². The molecule has 0 radical (unpaired) electrons. The van der Waals surface area contributed by atoms with E-state index in [-0.39, 0.29) is 11.6 Å². The number of hydrogen-bond acceptors (Lipinski definition) is 8. The lowest BCUT2D eigenvalue weighted by atomic mass is 9.97. The molecule has 9 nitrogen and oxygen atoms in total. The summed E-state index contributed by atoms with van der Waals surface area (Å²) >= 11 is 1.15. The van der Waals surface area contributed by atoms with Gasteiger partial charge in [-0.25, -0.2) is 4.98 Å². The lowest BCUT2D eigenvalue weighted by Crippen LogP contribution is -2.59. The largest absolute Gasteiger partial charge is 0.437 e. The first-order valence-corrected chi connectivity index (χ1v) is 8.76. The Morgan fingerprint density at radius 2 is 2.00 bits per heavy atom. The van der Waals surface area contributed by atoms with E-state index < -0.39 is 44.5 Å². The monoisotopic (exact) mass is 341 g/mol. The number of rotatable bonds is 5. The molecule has 2 heterocycles. The first-order chi connectivity index (χ1) is 9.78. The first kappa shape index (κ1) is 16.8. The minimum absolute atomic E-state index is 0.188. The van der Waals surface area contributed by atoms with E-state index in [4.69, 9.17) is 19.3 Å². The second-order valence-electron chi connectivity index (χ2n) is 4.61. The summed E-state index contributed by atoms with van der Waals surface area (Å²) < 4.78 is 21.4. The number of nitrogens with zero attached hydrogens (tertiary/aromatic N) is 1. The third-order valence-corrected chi connectivity index (χ3v) is 4.50. The molecule has 0 aliphatic carbocycles. The fraction of sp³-hybridized carbons (Fsp3) is 0.700. The lowest BCUT2D eigenvalue weighted by Gasteiger charge is -2.39. The highest BCUT2D eigenvalue weighted by Crippen LogP contribution is 2.37. The van der Waals surface area contributed by atoms with E-state index in [0.29, 0.717) is 0 Å². The van der Waals surface area contributed by atoms with Gasteiger partial charge < -0.3 is 34.6 Å². The molecule has 1 aromatic heterocycles. The van der Waals surface area contributed by atoms with Crippen LogP contribution in [0.25, 0.3) is 0 Å². The molecule has 11 heteroatoms. The lowest BCUT2D eigenvalue weighted by molar-refractivity contribution is -0.272. The van der Waals surface area contributed by atoms with Gasteiger partial charge in [0.1, 0.15) is 18.3 Å². The maximum absolute atomic E-state index is 10.9. The van der Waals surface area contributed by atoms with Crippen molar-refractivity contribution in [2.45, 2.75) is 37.1 Å². The number of aromatic nitrogens is 1. The van der Waals surface area contributed by atoms with Gasteiger partial charge in [-0.05, 0) is 6.42 Å². The molecule has 1 aliphatic rings. The van der Waals surface area contributed by atoms with E-state index >= 15 is 0 Å². The van der Waals surface area contributed by atoms with Crippen LogP contribution in [0.1, 0.15) is 6.42 Å². The number of thiazole rings is 1. The Labute approximate surface area is 124 Å². The first-order valence-electron chi connectivity index (χ1n) is 6.08. The van der Waals surface area contributed by atoms with Crippen LogP contribution in [0, 0.1) is 0 Å². The molecule has 0 saturated carbocycles. The molecule has 0 aromatic carbocycles. The van der Waals surface area contributed by atoms with Gasteiger partial charge in [-0.15, -0.1) is 0 Å². The van der Waals surface area contributed by atoms with Crippen LogP contribution in [0.3, 0.4) is 0 Å². The van der Waals surface area contributed by atoms with Crippen molar-refractivity contribution in [1.82, 2.24) is 4.98 Å². The Morgan fingerprint density at radius 1 is 1.29 bits per heavy atom. The zero-order valence-electron chi connectivity index (χ0n) is 10.7. The summed E-state index contributed by atoms with van der Waals surface area (Å²) in [6.45, 7) is 0. The molecule has 21 heavy (non-hydrogen) atoms. The third-order valence-electron chi connectivity index (χ3n) is 3.00. The zero-order chi connectivity index (χ0) is 15.6. The Bertz CT molecular complexity index is 493. The standard InChI is InChI=1S/C10H16NO8PS/c12-6-5(1-3-20(15,16)17)18-9(8(14)7(6)13)19-10-11-2-4-21-10/h2,4-9,12-14H,1,3H2,(H2,15,16,17)/t5-,6-,7+,8+,9?/m1/s1. The minimum Gasteiger partial charge on any atom is -0.437 e. The maximum Gasteiger partial charge on any atom is 0.325 e. The Hall–Kier alpha value is -0.580. The average Bonchev–Trinajstić information content (AvgIpc) is 2.90. The summed E-state index contributed by atoms with van der Waals surface area (Å²) in [5.74, 6) is 0. The molecule has 1 aromatic rings. The molecule has 0 bridgehead atoms. The van der Waals surface area contributed by atoms with Crippen molar-refractivity contribution in [3.05, 3.63) is 11.6 Å². The van der Waals surface area contributed by atoms with Crippen LogP contribution >= 0.6 is 18.9 Å². The summed E-state index contributed by atoms with van der Waals surface area (Å²) in [6.07, 6.45) is -6.10. The van der Waals surface area contributed by atoms with Gasteiger partial charge in [0.05, 0.1) is 12.3 Å². The van der Waals surface area contributed by atoms with Crippen molar-refractivity contribution in [2.24, 2.45) is 0 Å². The zero-order valence-corrected chi connectivity index (χ0v) is 12.4. The van der Waals surface area contributed by atoms with Crippen LogP contribution in [-0.4, -0.2) is 67.0 Å². The summed E-state index contributed by atoms with van der Waals surface area (Å²) in [5.41, 5.74) is 0. The van der Waals surface area contributed by atoms with Gasteiger partial charge in [0.15, 0.2) is 0 Å². The third kappa shape index (κ3) is 4.44. The second-order valence-corrected chi connectivity index (χ2v) is 7.24. The SMILES string of the molecule is O=P(O)(O)CC[C@H]1OC(Oc2nccs2)[C@@H](O)[C@@H](O)[C@@H]1O. The van der Waals surface area contributed by atoms with Crippen LogP contribution in [0.15, 0.2) is 11.6 Å². The van der Waals surface area contributed by atoms with E-state index in [1.165, 1.54) is 6.20 Å². The molecule has 1 fully saturated rings. The van der Waals surface area contributed by atoms with E-state index in [1.807, 2.05) is 0 Å². The van der Waals surface area contributed by atoms with Gasteiger partial charge in [-0.1, -0.05) is 11.3 Å². The molecule has 0 amide bonds. The van der Waals surface area contributed by atoms with Gasteiger partial charge in [-0.3, -0.25) is 4.57 Å². The minimum atomic E-state index is -4.26. The molecule has 5 N–H and O–H groups in total. The molecule has 2 rings (SSSR count). The normalized spacial score (nSPS) is 33.9. The van der Waals surface area contributed by atoms with Gasteiger partial charge in [0.25, 0.3) is 5.19 Å². The van der Waals surface area contributed by atoms with E-state index in [0.717, 1.165) is 11.3 Å². The fourth-order valence-electron chi connectivity index (χ4n) is 1.92. The van der Waals surface area contributed by atoms with Crippen LogP contribution in [0.4, 0.5) is 0 Å². The predicted octanol–water partition coefficient (Wildman–Crippen LogP) is -1.10. The highest BCUT2D eigenvalue weighted by molar-refractivity contribution is 7.51. The summed E-state index contributed by atoms with van der Waals surface area (Å²) in [4.78, 5) is 21.5. The van der Waals surface area contributed by atoms with Crippen LogP contribution in [-0.2, 0) is 9.30 Å². The topological polar surface area (TPSA) is 150 Å². The summed E-state index contributed by atoms with van der Waals surface area (Å²) in [7, 11) is -4.26. The average molecular weight is 341 g/mol. The van der Waals surface area contributed by atoms with Crippen molar-refractivity contribution in [1.29, 1.82) is 0 Å². The van der Waals surface area contributed by atoms with Crippen molar-refractivity contribution in [2.75, 3.05) is 6.16 Å². The second kappa shape index (κ2) is 6.67. The molecule has 120 valence electrons. The van der Waals surface area contributed by atoms with Crippen LogP contribution in [0.2, 0.25) is 0 Å². The van der Waals surface area contributed by atoms with Crippen molar-refractivity contribution >= 4 is 18.9 Å². The van der Waals surface area contributed by atoms with Gasteiger partial charge in [-0.2, -0.15) is 0 Å². The molecule has 1 saturated heterocycles. The Kier molecular flexibility index (Phi) is 5.33. The quantitative estimate of drug-likeness (QED) is 0.420. The fourth-order valence-corrected chi connectivity index (χ4v) is 3.02. The maximum atomic E-state index is 10.9. The van der Waals surface area contributed by atoms with Crippen molar-refractivity contribution in [3.63, 3.8) is 0 Å². The van der Waals surface area contributed by atoms with Crippen LogP contribution < -0.4 is 4.74 Å². The van der Waals surface area contributed by atoms with E-state index in [9.17, 15) is 19.9 Å². The number of ether oxygens (including phenoxy) is 2. The van der Waals surface area contributed by atoms with E-state index in [2.05, 4.69) is 4.98 Å². The van der Waals surface area contributed by atoms with Crippen molar-refractivity contribution < 1.29 is 39.1 Å². The molecular weight excluding hydrogens is 325 g/mol.